The quantitative estimate of drug-likeness (QED) is 0.744. The number of nitrogens with zero attached hydrogens (tertiary/aromatic N) is 6. The molecule has 1 aliphatic heterocycles. The number of nitriles is 1. The first-order valence-corrected chi connectivity index (χ1v) is 9.06. The van der Waals surface area contributed by atoms with Crippen molar-refractivity contribution in [2.75, 3.05) is 37.7 Å². The molecule has 1 aliphatic rings. The zero-order valence-corrected chi connectivity index (χ0v) is 15.4. The van der Waals surface area contributed by atoms with Gasteiger partial charge >= 0.3 is 6.09 Å². The molecule has 1 N–H and O–H groups in total. The third-order valence-electron chi connectivity index (χ3n) is 4.68. The number of ether oxygens (including phenoxy) is 1. The summed E-state index contributed by atoms with van der Waals surface area (Å²) < 4.78 is 5.08. The number of piperazine rings is 1. The van der Waals surface area contributed by atoms with Gasteiger partial charge in [-0.15, -0.1) is 0 Å². The number of rotatable bonds is 3. The first-order chi connectivity index (χ1) is 13.7. The van der Waals surface area contributed by atoms with Gasteiger partial charge in [0.2, 0.25) is 0 Å². The van der Waals surface area contributed by atoms with Crippen molar-refractivity contribution in [1.29, 1.82) is 5.26 Å². The second kappa shape index (κ2) is 7.52. The second-order valence-electron chi connectivity index (χ2n) is 6.36. The molecule has 0 saturated carbocycles. The number of hydrogen-bond donors (Lipinski definition) is 1. The number of pyridine rings is 1. The van der Waals surface area contributed by atoms with Gasteiger partial charge in [0, 0.05) is 55.8 Å². The topological polar surface area (TPSA) is 111 Å². The van der Waals surface area contributed by atoms with Crippen LogP contribution in [0.2, 0.25) is 0 Å². The van der Waals surface area contributed by atoms with Crippen molar-refractivity contribution >= 4 is 22.8 Å². The van der Waals surface area contributed by atoms with Crippen molar-refractivity contribution in [2.24, 2.45) is 0 Å². The Hall–Kier alpha value is -3.67. The van der Waals surface area contributed by atoms with Crippen LogP contribution in [0.4, 0.5) is 10.5 Å². The predicted molar refractivity (Wildman–Crippen MR) is 103 cm³/mol. The minimum Gasteiger partial charge on any atom is -0.450 e. The highest BCUT2D eigenvalue weighted by Crippen LogP contribution is 2.29. The monoisotopic (exact) mass is 377 g/mol. The lowest BCUT2D eigenvalue weighted by Gasteiger charge is -2.35. The predicted octanol–water partition coefficient (Wildman–Crippen LogP) is 2.17. The summed E-state index contributed by atoms with van der Waals surface area (Å²) in [5, 5.41) is 9.86. The summed E-state index contributed by atoms with van der Waals surface area (Å²) in [6.45, 7) is 4.84. The molecule has 0 aliphatic carbocycles. The van der Waals surface area contributed by atoms with Crippen LogP contribution < -0.4 is 4.90 Å². The molecule has 0 spiro atoms. The van der Waals surface area contributed by atoms with Gasteiger partial charge in [-0.25, -0.2) is 19.7 Å². The summed E-state index contributed by atoms with van der Waals surface area (Å²) in [5.74, 6) is 0.509. The van der Waals surface area contributed by atoms with E-state index in [0.29, 0.717) is 44.2 Å². The maximum absolute atomic E-state index is 11.9. The standard InChI is InChI=1S/C19H19N7O2/c1-2-28-19(27)26-7-5-25(6-8-26)16-3-4-21-17-14(16)9-15(24-17)18-22-11-13(10-20)12-23-18/h3-4,9,11-12H,2,5-8H2,1H3,(H,21,24). The van der Waals surface area contributed by atoms with Crippen molar-refractivity contribution in [3.8, 4) is 17.6 Å². The Morgan fingerprint density at radius 1 is 1.25 bits per heavy atom. The first-order valence-electron chi connectivity index (χ1n) is 9.06. The van der Waals surface area contributed by atoms with Gasteiger partial charge in [0.05, 0.1) is 17.9 Å². The molecule has 0 aromatic carbocycles. The summed E-state index contributed by atoms with van der Waals surface area (Å²) in [6.07, 6.45) is 4.49. The van der Waals surface area contributed by atoms with Gasteiger partial charge in [-0.2, -0.15) is 5.26 Å². The number of H-pyrrole nitrogens is 1. The molecule has 0 radical (unpaired) electrons. The SMILES string of the molecule is CCOC(=O)N1CCN(c2ccnc3[nH]c(-c4ncc(C#N)cn4)cc23)CC1. The van der Waals surface area contributed by atoms with E-state index in [0.717, 1.165) is 22.4 Å². The molecular weight excluding hydrogens is 358 g/mol. The van der Waals surface area contributed by atoms with E-state index in [-0.39, 0.29) is 6.09 Å². The molecule has 142 valence electrons. The molecular formula is C19H19N7O2. The molecule has 28 heavy (non-hydrogen) atoms. The smallest absolute Gasteiger partial charge is 0.409 e. The summed E-state index contributed by atoms with van der Waals surface area (Å²) in [7, 11) is 0. The average molecular weight is 377 g/mol. The molecule has 1 saturated heterocycles. The largest absolute Gasteiger partial charge is 0.450 e. The molecule has 9 nitrogen and oxygen atoms in total. The molecule has 9 heteroatoms. The third-order valence-corrected chi connectivity index (χ3v) is 4.68. The first kappa shape index (κ1) is 17.7. The Balaban J connectivity index is 1.58. The number of fused-ring (bicyclic) bond motifs is 1. The van der Waals surface area contributed by atoms with E-state index < -0.39 is 0 Å². The number of anilines is 1. The maximum Gasteiger partial charge on any atom is 0.409 e. The number of nitrogens with one attached hydrogen (secondary N) is 1. The molecule has 1 fully saturated rings. The Bertz CT molecular complexity index is 1030. The highest BCUT2D eigenvalue weighted by atomic mass is 16.6. The van der Waals surface area contributed by atoms with Gasteiger partial charge in [-0.1, -0.05) is 0 Å². The molecule has 3 aromatic heterocycles. The highest BCUT2D eigenvalue weighted by Gasteiger charge is 2.23. The van der Waals surface area contributed by atoms with Crippen LogP contribution in [0.15, 0.2) is 30.7 Å². The highest BCUT2D eigenvalue weighted by molar-refractivity contribution is 5.93. The Morgan fingerprint density at radius 2 is 2.00 bits per heavy atom. The molecule has 0 unspecified atom stereocenters. The van der Waals surface area contributed by atoms with E-state index in [1.165, 1.54) is 12.4 Å². The molecule has 3 aromatic rings. The van der Waals surface area contributed by atoms with Crippen LogP contribution in [-0.4, -0.2) is 63.7 Å². The van der Waals surface area contributed by atoms with Gasteiger partial charge < -0.3 is 19.5 Å². The van der Waals surface area contributed by atoms with E-state index in [9.17, 15) is 4.79 Å². The minimum absolute atomic E-state index is 0.260. The van der Waals surface area contributed by atoms with Gasteiger partial charge in [-0.3, -0.25) is 0 Å². The lowest BCUT2D eigenvalue weighted by atomic mass is 10.2. The van der Waals surface area contributed by atoms with Crippen molar-refractivity contribution in [1.82, 2.24) is 24.8 Å². The molecule has 1 amide bonds. The number of aromatic amines is 1. The van der Waals surface area contributed by atoms with Crippen LogP contribution in [0.1, 0.15) is 12.5 Å². The summed E-state index contributed by atoms with van der Waals surface area (Å²) in [5.41, 5.74) is 2.95. The van der Waals surface area contributed by atoms with E-state index >= 15 is 0 Å². The zero-order chi connectivity index (χ0) is 19.5. The third kappa shape index (κ3) is 3.32. The number of carbonyl (C=O) groups is 1. The Kier molecular flexibility index (Phi) is 4.76. The fourth-order valence-corrected chi connectivity index (χ4v) is 3.28. The summed E-state index contributed by atoms with van der Waals surface area (Å²) in [4.78, 5) is 32.0. The van der Waals surface area contributed by atoms with Gasteiger partial charge in [0.15, 0.2) is 5.82 Å². The summed E-state index contributed by atoms with van der Waals surface area (Å²) >= 11 is 0. The van der Waals surface area contributed by atoms with Crippen LogP contribution >= 0.6 is 0 Å². The molecule has 4 rings (SSSR count). The number of carbonyl (C=O) groups excluding carboxylic acids is 1. The molecule has 4 heterocycles. The Morgan fingerprint density at radius 3 is 2.68 bits per heavy atom. The van der Waals surface area contributed by atoms with E-state index in [1.54, 1.807) is 11.1 Å². The lowest BCUT2D eigenvalue weighted by molar-refractivity contribution is 0.105. The average Bonchev–Trinajstić information content (AvgIpc) is 3.18. The maximum atomic E-state index is 11.9. The fourth-order valence-electron chi connectivity index (χ4n) is 3.28. The number of hydrogen-bond acceptors (Lipinski definition) is 7. The zero-order valence-electron chi connectivity index (χ0n) is 15.4. The fraction of sp³-hybridized carbons (Fsp3) is 0.316. The van der Waals surface area contributed by atoms with Crippen LogP contribution in [0.5, 0.6) is 0 Å². The normalized spacial score (nSPS) is 14.1. The van der Waals surface area contributed by atoms with Crippen molar-refractivity contribution in [3.63, 3.8) is 0 Å². The summed E-state index contributed by atoms with van der Waals surface area (Å²) in [6, 6.07) is 5.95. The molecule has 0 atom stereocenters. The van der Waals surface area contributed by atoms with Crippen molar-refractivity contribution in [2.45, 2.75) is 6.92 Å². The number of aromatic nitrogens is 4. The van der Waals surface area contributed by atoms with Crippen molar-refractivity contribution in [3.05, 3.63) is 36.3 Å². The van der Waals surface area contributed by atoms with Crippen LogP contribution in [0.25, 0.3) is 22.6 Å². The lowest BCUT2D eigenvalue weighted by Crippen LogP contribution is -2.49. The van der Waals surface area contributed by atoms with Crippen LogP contribution in [0, 0.1) is 11.3 Å². The van der Waals surface area contributed by atoms with Gasteiger partial charge in [0.25, 0.3) is 0 Å². The van der Waals surface area contributed by atoms with Crippen LogP contribution in [-0.2, 0) is 4.74 Å². The minimum atomic E-state index is -0.260. The second-order valence-corrected chi connectivity index (χ2v) is 6.36. The van der Waals surface area contributed by atoms with E-state index in [4.69, 9.17) is 10.00 Å². The molecule has 0 bridgehead atoms. The van der Waals surface area contributed by atoms with Crippen LogP contribution in [0.3, 0.4) is 0 Å². The van der Waals surface area contributed by atoms with E-state index in [1.807, 2.05) is 25.1 Å². The number of amides is 1. The van der Waals surface area contributed by atoms with Crippen molar-refractivity contribution < 1.29 is 9.53 Å². The Labute approximate surface area is 161 Å². The van der Waals surface area contributed by atoms with E-state index in [2.05, 4.69) is 24.8 Å². The van der Waals surface area contributed by atoms with Gasteiger partial charge in [-0.05, 0) is 19.1 Å². The van der Waals surface area contributed by atoms with Gasteiger partial charge in [0.1, 0.15) is 11.7 Å².